The second-order valence-electron chi connectivity index (χ2n) is 2.48. The molecule has 8 heteroatoms. The van der Waals surface area contributed by atoms with E-state index in [1.54, 1.807) is 0 Å². The average Bonchev–Trinajstić information content (AvgIpc) is 2.01. The highest BCUT2D eigenvalue weighted by Gasteiger charge is 2.04. The molecule has 0 heterocycles. The Kier molecular flexibility index (Phi) is 9.55. The number of nitrogens with two attached hydrogens (primary N) is 4. The molecule has 1 rings (SSSR count). The van der Waals surface area contributed by atoms with Gasteiger partial charge >= 0.3 is 10.3 Å². The predicted molar refractivity (Wildman–Crippen MR) is 60.4 cm³/mol. The highest BCUT2D eigenvalue weighted by Crippen LogP contribution is 2.23. The molecule has 1 aromatic rings. The first-order valence-corrected chi connectivity index (χ1v) is 5.43. The van der Waals surface area contributed by atoms with E-state index >= 15 is 0 Å². The van der Waals surface area contributed by atoms with Crippen molar-refractivity contribution in [3.8, 4) is 0 Å². The van der Waals surface area contributed by atoms with Gasteiger partial charge < -0.3 is 24.8 Å². The van der Waals surface area contributed by atoms with E-state index in [9.17, 15) is 0 Å². The second-order valence-corrected chi connectivity index (χ2v) is 4.78. The third kappa shape index (κ3) is 6.84. The van der Waals surface area contributed by atoms with Crippen LogP contribution in [0.3, 0.4) is 0 Å². The molecule has 8 N–H and O–H groups in total. The molecule has 0 aliphatic heterocycles. The summed E-state index contributed by atoms with van der Waals surface area (Å²) in [4.78, 5) is 1.94. The van der Waals surface area contributed by atoms with Gasteiger partial charge in [-0.3, -0.25) is 22.3 Å². The van der Waals surface area contributed by atoms with Crippen LogP contribution in [0.2, 0.25) is 0 Å². The fourth-order valence-electron chi connectivity index (χ4n) is 0.873. The van der Waals surface area contributed by atoms with Crippen molar-refractivity contribution >= 4 is 33.9 Å². The Morgan fingerprint density at radius 1 is 0.938 bits per heavy atom. The van der Waals surface area contributed by atoms with Crippen molar-refractivity contribution in [2.75, 3.05) is 0 Å². The molecule has 0 bridgehead atoms. The molecule has 0 saturated heterocycles. The van der Waals surface area contributed by atoms with E-state index < -0.39 is 0 Å². The van der Waals surface area contributed by atoms with Crippen molar-refractivity contribution in [2.24, 2.45) is 11.5 Å². The molecule has 0 saturated carbocycles. The molecule has 0 atom stereocenters. The molecule has 0 fully saturated rings. The number of halogens is 2. The van der Waals surface area contributed by atoms with Crippen LogP contribution in [0, 0.1) is 0 Å². The number of thioether (sulfide) groups is 2. The van der Waals surface area contributed by atoms with Gasteiger partial charge in [0.25, 0.3) is 0 Å². The Hall–Kier alpha value is -0.560. The zero-order valence-electron chi connectivity index (χ0n) is 8.19. The average molecular weight is 299 g/mol. The first kappa shape index (κ1) is 17.8. The minimum atomic E-state index is 0. The van der Waals surface area contributed by atoms with Crippen LogP contribution in [-0.2, 0) is 0 Å². The molecule has 0 radical (unpaired) electrons. The summed E-state index contributed by atoms with van der Waals surface area (Å²) in [5.74, 6) is 0. The molecule has 4 nitrogen and oxygen atoms in total. The van der Waals surface area contributed by atoms with Gasteiger partial charge in [0, 0.05) is 9.79 Å². The fourth-order valence-corrected chi connectivity index (χ4v) is 2.16. The summed E-state index contributed by atoms with van der Waals surface area (Å²) in [5, 5.41) is 11.4. The quantitative estimate of drug-likeness (QED) is 0.247. The van der Waals surface area contributed by atoms with Gasteiger partial charge in [0.05, 0.1) is 0 Å². The summed E-state index contributed by atoms with van der Waals surface area (Å²) in [5.41, 5.74) is 10.7. The summed E-state index contributed by atoms with van der Waals surface area (Å²) in [7, 11) is 0. The van der Waals surface area contributed by atoms with Crippen LogP contribution in [0.5, 0.6) is 0 Å². The maximum atomic E-state index is 5.37. The van der Waals surface area contributed by atoms with Gasteiger partial charge in [0.1, 0.15) is 0 Å². The molecule has 0 unspecified atom stereocenters. The summed E-state index contributed by atoms with van der Waals surface area (Å²) in [6.07, 6.45) is 0. The van der Waals surface area contributed by atoms with Crippen LogP contribution >= 0.6 is 23.5 Å². The molecule has 1 aromatic carbocycles. The van der Waals surface area contributed by atoms with Crippen molar-refractivity contribution in [1.29, 1.82) is 0 Å². The zero-order chi connectivity index (χ0) is 10.6. The van der Waals surface area contributed by atoms with Crippen LogP contribution < -0.4 is 47.1 Å². The van der Waals surface area contributed by atoms with Gasteiger partial charge in [-0.25, -0.2) is 0 Å². The van der Waals surface area contributed by atoms with Gasteiger partial charge in [-0.15, -0.1) is 0 Å². The smallest absolute Gasteiger partial charge is 0.304 e. The van der Waals surface area contributed by atoms with Crippen molar-refractivity contribution in [2.45, 2.75) is 9.79 Å². The van der Waals surface area contributed by atoms with Gasteiger partial charge in [0.2, 0.25) is 0 Å². The van der Waals surface area contributed by atoms with Crippen molar-refractivity contribution < 1.29 is 35.6 Å². The van der Waals surface area contributed by atoms with Gasteiger partial charge in [-0.05, 0) is 41.7 Å². The molecule has 0 spiro atoms. The number of amidine groups is 2. The van der Waals surface area contributed by atoms with E-state index in [2.05, 4.69) is 0 Å². The molecular weight excluding hydrogens is 287 g/mol. The molecule has 0 aliphatic carbocycles. The highest BCUT2D eigenvalue weighted by atomic mass is 35.5. The first-order chi connectivity index (χ1) is 6.58. The SMILES string of the molecule is NC(=[NH2+])Sc1cccc(SC(N)=[NH2+])c1.[Cl-].[Cl-]. The maximum absolute atomic E-state index is 5.37. The zero-order valence-corrected chi connectivity index (χ0v) is 11.3. The lowest BCUT2D eigenvalue weighted by Crippen LogP contribution is -3.00. The van der Waals surface area contributed by atoms with Crippen molar-refractivity contribution in [1.82, 2.24) is 0 Å². The van der Waals surface area contributed by atoms with Crippen LogP contribution in [0.15, 0.2) is 34.1 Å². The monoisotopic (exact) mass is 298 g/mol. The van der Waals surface area contributed by atoms with Crippen LogP contribution in [0.1, 0.15) is 0 Å². The summed E-state index contributed by atoms with van der Waals surface area (Å²) in [6, 6.07) is 7.66. The minimum Gasteiger partial charge on any atom is -1.00 e. The Labute approximate surface area is 115 Å². The first-order valence-electron chi connectivity index (χ1n) is 3.79. The standard InChI is InChI=1S/C8H10N4S2.2ClH/c9-7(10)13-5-2-1-3-6(4-5)14-8(11)12;;/h1-4H,(H3,9,10)(H3,11,12);2*1H. The van der Waals surface area contributed by atoms with Gasteiger partial charge in [-0.1, -0.05) is 6.07 Å². The van der Waals surface area contributed by atoms with E-state index in [0.29, 0.717) is 10.3 Å². The number of hydrogen-bond acceptors (Lipinski definition) is 2. The fraction of sp³-hybridized carbons (Fsp3) is 0. The lowest BCUT2D eigenvalue weighted by molar-refractivity contribution is -0.110. The Morgan fingerprint density at radius 2 is 1.31 bits per heavy atom. The molecule has 0 aromatic heterocycles. The van der Waals surface area contributed by atoms with E-state index in [4.69, 9.17) is 22.3 Å². The second kappa shape index (κ2) is 8.58. The minimum absolute atomic E-state index is 0. The van der Waals surface area contributed by atoms with Gasteiger partial charge in [-0.2, -0.15) is 0 Å². The van der Waals surface area contributed by atoms with E-state index in [1.807, 2.05) is 24.3 Å². The molecule has 90 valence electrons. The third-order valence-corrected chi connectivity index (χ3v) is 2.73. The summed E-state index contributed by atoms with van der Waals surface area (Å²) >= 11 is 2.62. The molecular formula is C8H12Cl2N4S2. The predicted octanol–water partition coefficient (Wildman–Crippen LogP) is -7.97. The largest absolute Gasteiger partial charge is 1.00 e. The van der Waals surface area contributed by atoms with Crippen LogP contribution in [0.4, 0.5) is 0 Å². The van der Waals surface area contributed by atoms with Crippen molar-refractivity contribution in [3.63, 3.8) is 0 Å². The molecule has 0 aliphatic rings. The van der Waals surface area contributed by atoms with Gasteiger partial charge in [0.15, 0.2) is 0 Å². The lowest BCUT2D eigenvalue weighted by atomic mass is 10.4. The molecule has 0 amide bonds. The Balaban J connectivity index is 0. The van der Waals surface area contributed by atoms with Crippen molar-refractivity contribution in [3.05, 3.63) is 24.3 Å². The normalized spacial score (nSPS) is 8.50. The van der Waals surface area contributed by atoms with E-state index in [1.165, 1.54) is 23.5 Å². The van der Waals surface area contributed by atoms with E-state index in [-0.39, 0.29) is 24.8 Å². The Morgan fingerprint density at radius 3 is 1.62 bits per heavy atom. The molecule has 16 heavy (non-hydrogen) atoms. The lowest BCUT2D eigenvalue weighted by Gasteiger charge is -1.98. The topological polar surface area (TPSA) is 103 Å². The summed E-state index contributed by atoms with van der Waals surface area (Å²) < 4.78 is 0. The number of rotatable bonds is 2. The van der Waals surface area contributed by atoms with Crippen LogP contribution in [-0.4, -0.2) is 10.3 Å². The van der Waals surface area contributed by atoms with Crippen LogP contribution in [0.25, 0.3) is 0 Å². The Bertz CT molecular complexity index is 342. The third-order valence-electron chi connectivity index (χ3n) is 1.28. The summed E-state index contributed by atoms with van der Waals surface area (Å²) in [6.45, 7) is 0. The van der Waals surface area contributed by atoms with E-state index in [0.717, 1.165) is 9.79 Å². The number of hydrogen-bond donors (Lipinski definition) is 4. The maximum Gasteiger partial charge on any atom is 0.304 e. The number of benzene rings is 1. The highest BCUT2D eigenvalue weighted by molar-refractivity contribution is 8.14.